The molecule has 5 N–H and O–H groups in total. The number of aliphatic hydroxyl groups is 5. The van der Waals surface area contributed by atoms with Gasteiger partial charge in [-0.3, -0.25) is 4.98 Å². The number of rotatable bonds is 7. The minimum absolute atomic E-state index is 0.104. The fourth-order valence-corrected chi connectivity index (χ4v) is 6.74. The second-order valence-corrected chi connectivity index (χ2v) is 12.0. The van der Waals surface area contributed by atoms with Crippen molar-refractivity contribution in [3.05, 3.63) is 66.1 Å². The number of nitrogens with zero attached hydrogens (tertiary/aromatic N) is 7. The first-order chi connectivity index (χ1) is 22.0. The van der Waals surface area contributed by atoms with Crippen molar-refractivity contribution in [1.29, 1.82) is 0 Å². The van der Waals surface area contributed by atoms with Crippen molar-refractivity contribution in [3.63, 3.8) is 0 Å². The minimum Gasteiger partial charge on any atom is -0.394 e. The minimum atomic E-state index is -1.66. The zero-order valence-corrected chi connectivity index (χ0v) is 24.4. The Hall–Kier alpha value is -3.56. The van der Waals surface area contributed by atoms with Gasteiger partial charge in [0.05, 0.1) is 37.0 Å². The standard InChI is InChI=1S/C27H27F4N7O7S/c1-10-22(40)20(38-8-17(34-36-38)15-3-2-12(28)6-32-15)24(42)26(44-10)46-27-25(43)21(23(41)18(9-39)45-27)37-7-16(33-35-37)11-4-13(29)19(31)14(30)5-11/h2-8,10,18,20-27,39-43H,9H2,1H3/t10-,18?,20?,21?,22?,23+,24-,25?,26+,27+/m1/s1. The largest absolute Gasteiger partial charge is 0.394 e. The molecule has 5 heterocycles. The van der Waals surface area contributed by atoms with Gasteiger partial charge in [-0.15, -0.1) is 10.2 Å². The van der Waals surface area contributed by atoms with Crippen LogP contribution in [0.1, 0.15) is 19.0 Å². The summed E-state index contributed by atoms with van der Waals surface area (Å²) in [5.74, 6) is -5.12. The van der Waals surface area contributed by atoms with Gasteiger partial charge >= 0.3 is 0 Å². The molecule has 0 spiro atoms. The maximum absolute atomic E-state index is 13.8. The molecule has 3 aromatic heterocycles. The molecular weight excluding hydrogens is 642 g/mol. The molecule has 46 heavy (non-hydrogen) atoms. The van der Waals surface area contributed by atoms with E-state index in [1.165, 1.54) is 29.2 Å². The van der Waals surface area contributed by atoms with Crippen LogP contribution in [0.4, 0.5) is 17.6 Å². The number of thioether (sulfide) groups is 1. The molecule has 2 saturated heterocycles. The third kappa shape index (κ3) is 5.99. The van der Waals surface area contributed by atoms with Crippen LogP contribution in [0.2, 0.25) is 0 Å². The van der Waals surface area contributed by atoms with Crippen LogP contribution < -0.4 is 0 Å². The van der Waals surface area contributed by atoms with Crippen LogP contribution in [0.3, 0.4) is 0 Å². The van der Waals surface area contributed by atoms with Crippen molar-refractivity contribution in [2.45, 2.75) is 66.5 Å². The molecular formula is C27H27F4N7O7S. The van der Waals surface area contributed by atoms with Gasteiger partial charge in [-0.25, -0.2) is 26.9 Å². The van der Waals surface area contributed by atoms with E-state index in [2.05, 4.69) is 25.6 Å². The summed E-state index contributed by atoms with van der Waals surface area (Å²) in [7, 11) is 0. The number of ether oxygens (including phenoxy) is 2. The van der Waals surface area contributed by atoms with Crippen LogP contribution in [0.5, 0.6) is 0 Å². The van der Waals surface area contributed by atoms with E-state index in [9.17, 15) is 43.1 Å². The molecule has 2 fully saturated rings. The lowest BCUT2D eigenvalue weighted by molar-refractivity contribution is -0.183. The second kappa shape index (κ2) is 12.9. The predicted octanol–water partition coefficient (Wildman–Crippen LogP) is 0.576. The molecule has 0 bridgehead atoms. The quantitative estimate of drug-likeness (QED) is 0.136. The lowest BCUT2D eigenvalue weighted by Gasteiger charge is -2.45. The molecule has 19 heteroatoms. The third-order valence-corrected chi connectivity index (χ3v) is 9.14. The highest BCUT2D eigenvalue weighted by Gasteiger charge is 2.51. The van der Waals surface area contributed by atoms with Crippen molar-refractivity contribution in [2.24, 2.45) is 0 Å². The topological polar surface area (TPSA) is 194 Å². The Morgan fingerprint density at radius 1 is 0.783 bits per heavy atom. The number of hydrogen-bond acceptors (Lipinski definition) is 13. The number of benzene rings is 1. The Morgan fingerprint density at radius 2 is 1.37 bits per heavy atom. The van der Waals surface area contributed by atoms with Crippen molar-refractivity contribution in [2.75, 3.05) is 6.61 Å². The van der Waals surface area contributed by atoms with Crippen LogP contribution in [0, 0.1) is 23.3 Å². The zero-order chi connectivity index (χ0) is 32.9. The summed E-state index contributed by atoms with van der Waals surface area (Å²) in [6, 6.07) is 1.58. The smallest absolute Gasteiger partial charge is 0.194 e. The zero-order valence-electron chi connectivity index (χ0n) is 23.6. The first-order valence-electron chi connectivity index (χ1n) is 13.9. The van der Waals surface area contributed by atoms with Gasteiger partial charge in [-0.2, -0.15) is 0 Å². The van der Waals surface area contributed by atoms with E-state index in [4.69, 9.17) is 9.47 Å². The molecule has 10 atom stereocenters. The van der Waals surface area contributed by atoms with Crippen molar-refractivity contribution >= 4 is 11.8 Å². The first-order valence-corrected chi connectivity index (χ1v) is 14.8. The number of aliphatic hydroxyl groups excluding tert-OH is 5. The SMILES string of the molecule is C[C@H]1O[C@@H](S[C@@H]2OC(CO)[C@H](O)C(n3cc(-c4cc(F)c(F)c(F)c4)nn3)C2O)[C@H](O)C(n2cc(-c3ccc(F)cn3)nn2)C1O. The average Bonchev–Trinajstić information content (AvgIpc) is 3.71. The summed E-state index contributed by atoms with van der Waals surface area (Å²) in [4.78, 5) is 3.95. The van der Waals surface area contributed by atoms with E-state index < -0.39 is 89.5 Å². The molecule has 2 aliphatic rings. The van der Waals surface area contributed by atoms with E-state index in [-0.39, 0.29) is 17.0 Å². The summed E-state index contributed by atoms with van der Waals surface area (Å²) in [5.41, 5.74) is -2.15. The Kier molecular flexibility index (Phi) is 9.09. The Morgan fingerprint density at radius 3 is 1.98 bits per heavy atom. The van der Waals surface area contributed by atoms with Crippen molar-refractivity contribution in [1.82, 2.24) is 35.0 Å². The van der Waals surface area contributed by atoms with Crippen LogP contribution in [-0.4, -0.2) is 115 Å². The molecule has 1 aromatic carbocycles. The highest BCUT2D eigenvalue weighted by Crippen LogP contribution is 2.42. The van der Waals surface area contributed by atoms with Gasteiger partial charge in [0.1, 0.15) is 70.7 Å². The summed E-state index contributed by atoms with van der Waals surface area (Å²) >= 11 is 0.799. The fourth-order valence-electron chi connectivity index (χ4n) is 5.39. The Balaban J connectivity index is 1.24. The van der Waals surface area contributed by atoms with E-state index in [0.717, 1.165) is 22.6 Å². The number of aromatic nitrogens is 7. The fraction of sp³-hybridized carbons (Fsp3) is 0.444. The molecule has 0 saturated carbocycles. The molecule has 5 unspecified atom stereocenters. The van der Waals surface area contributed by atoms with E-state index in [1.54, 1.807) is 6.92 Å². The monoisotopic (exact) mass is 669 g/mol. The molecule has 4 aromatic rings. The lowest BCUT2D eigenvalue weighted by atomic mass is 9.97. The first kappa shape index (κ1) is 32.4. The van der Waals surface area contributed by atoms with Crippen LogP contribution in [0.25, 0.3) is 22.6 Å². The van der Waals surface area contributed by atoms with Gasteiger partial charge < -0.3 is 35.0 Å². The second-order valence-electron chi connectivity index (χ2n) is 10.8. The van der Waals surface area contributed by atoms with E-state index in [1.807, 2.05) is 0 Å². The van der Waals surface area contributed by atoms with Crippen LogP contribution in [0.15, 0.2) is 42.9 Å². The van der Waals surface area contributed by atoms with E-state index in [0.29, 0.717) is 17.8 Å². The summed E-state index contributed by atoms with van der Waals surface area (Å²) in [5, 5.41) is 70.2. The predicted molar refractivity (Wildman–Crippen MR) is 148 cm³/mol. The number of hydrogen-bond donors (Lipinski definition) is 5. The van der Waals surface area contributed by atoms with Crippen LogP contribution in [-0.2, 0) is 9.47 Å². The molecule has 0 aliphatic carbocycles. The Bertz CT molecular complexity index is 1660. The molecule has 0 radical (unpaired) electrons. The van der Waals surface area contributed by atoms with Crippen molar-refractivity contribution in [3.8, 4) is 22.6 Å². The summed E-state index contributed by atoms with van der Waals surface area (Å²) in [6.07, 6.45) is -4.42. The molecule has 0 amide bonds. The van der Waals surface area contributed by atoms with Gasteiger partial charge in [0.2, 0.25) is 0 Å². The van der Waals surface area contributed by atoms with Gasteiger partial charge in [0.25, 0.3) is 0 Å². The summed E-state index contributed by atoms with van der Waals surface area (Å²) in [6.45, 7) is 0.859. The highest BCUT2D eigenvalue weighted by atomic mass is 32.2. The van der Waals surface area contributed by atoms with E-state index >= 15 is 0 Å². The highest BCUT2D eigenvalue weighted by molar-refractivity contribution is 8.00. The number of halogens is 4. The maximum atomic E-state index is 13.8. The van der Waals surface area contributed by atoms with Gasteiger partial charge in [-0.05, 0) is 31.2 Å². The Labute approximate surface area is 261 Å². The molecule has 2 aliphatic heterocycles. The summed E-state index contributed by atoms with van der Waals surface area (Å²) < 4.78 is 68.3. The third-order valence-electron chi connectivity index (χ3n) is 7.83. The maximum Gasteiger partial charge on any atom is 0.194 e. The molecule has 14 nitrogen and oxygen atoms in total. The van der Waals surface area contributed by atoms with Crippen molar-refractivity contribution < 1.29 is 52.6 Å². The normalized spacial score (nSPS) is 31.7. The lowest BCUT2D eigenvalue weighted by Crippen LogP contribution is -2.57. The number of pyridine rings is 1. The van der Waals surface area contributed by atoms with Gasteiger partial charge in [-0.1, -0.05) is 22.2 Å². The average molecular weight is 670 g/mol. The van der Waals surface area contributed by atoms with Gasteiger partial charge in [0, 0.05) is 5.56 Å². The van der Waals surface area contributed by atoms with Crippen LogP contribution >= 0.6 is 11.8 Å². The molecule has 6 rings (SSSR count). The van der Waals surface area contributed by atoms with Gasteiger partial charge in [0.15, 0.2) is 17.5 Å². The molecule has 246 valence electrons.